The normalized spacial score (nSPS) is 18.5. The summed E-state index contributed by atoms with van der Waals surface area (Å²) < 4.78 is 0. The van der Waals surface area contributed by atoms with Crippen molar-refractivity contribution < 1.29 is 5.11 Å². The average Bonchev–Trinajstić information content (AvgIpc) is 2.38. The van der Waals surface area contributed by atoms with Crippen molar-refractivity contribution in [1.82, 2.24) is 4.90 Å². The second-order valence-corrected chi connectivity index (χ2v) is 6.21. The van der Waals surface area contributed by atoms with E-state index in [-0.39, 0.29) is 18.7 Å². The number of hydrogen-bond donors (Lipinski definition) is 2. The topological polar surface area (TPSA) is 49.5 Å². The Morgan fingerprint density at radius 1 is 1.44 bits per heavy atom. The van der Waals surface area contributed by atoms with Gasteiger partial charge in [0.1, 0.15) is 0 Å². The molecule has 0 saturated carbocycles. The number of thioether (sulfide) groups is 1. The fourth-order valence-corrected chi connectivity index (χ4v) is 3.61. The van der Waals surface area contributed by atoms with Crippen LogP contribution in [0.2, 0.25) is 0 Å². The van der Waals surface area contributed by atoms with E-state index < -0.39 is 0 Å². The molecule has 0 radical (unpaired) electrons. The number of aliphatic hydroxyl groups excluding tert-OH is 1. The second-order valence-electron chi connectivity index (χ2n) is 5.07. The molecule has 1 aromatic carbocycles. The molecule has 1 aliphatic heterocycles. The maximum Gasteiger partial charge on any atom is 0.0601 e. The Labute approximate surface area is 113 Å². The van der Waals surface area contributed by atoms with Gasteiger partial charge in [-0.3, -0.25) is 0 Å². The molecule has 3 nitrogen and oxygen atoms in total. The quantitative estimate of drug-likeness (QED) is 0.870. The minimum Gasteiger partial charge on any atom is -0.395 e. The smallest absolute Gasteiger partial charge is 0.0601 e. The van der Waals surface area contributed by atoms with Crippen LogP contribution in [0, 0.1) is 0 Å². The summed E-state index contributed by atoms with van der Waals surface area (Å²) in [7, 11) is 4.02. The molecule has 100 valence electrons. The number of aryl methyl sites for hydroxylation is 1. The highest BCUT2D eigenvalue weighted by molar-refractivity contribution is 7.99. The molecular weight excluding hydrogens is 244 g/mol. The Morgan fingerprint density at radius 3 is 2.89 bits per heavy atom. The number of nitrogens with zero attached hydrogens (tertiary/aromatic N) is 1. The summed E-state index contributed by atoms with van der Waals surface area (Å²) in [4.78, 5) is 3.48. The van der Waals surface area contributed by atoms with Gasteiger partial charge >= 0.3 is 0 Å². The van der Waals surface area contributed by atoms with Crippen LogP contribution < -0.4 is 5.73 Å². The van der Waals surface area contributed by atoms with Crippen molar-refractivity contribution in [2.75, 3.05) is 26.5 Å². The van der Waals surface area contributed by atoms with E-state index in [0.29, 0.717) is 0 Å². The van der Waals surface area contributed by atoms with Crippen molar-refractivity contribution >= 4 is 11.8 Å². The van der Waals surface area contributed by atoms with E-state index in [9.17, 15) is 5.11 Å². The largest absolute Gasteiger partial charge is 0.395 e. The van der Waals surface area contributed by atoms with Crippen LogP contribution in [-0.2, 0) is 6.42 Å². The van der Waals surface area contributed by atoms with Crippen LogP contribution in [0.3, 0.4) is 0 Å². The first kappa shape index (κ1) is 13.9. The van der Waals surface area contributed by atoms with Gasteiger partial charge in [0.25, 0.3) is 0 Å². The summed E-state index contributed by atoms with van der Waals surface area (Å²) in [5.74, 6) is 1.22. The first-order chi connectivity index (χ1) is 8.63. The van der Waals surface area contributed by atoms with Gasteiger partial charge in [0.15, 0.2) is 0 Å². The fourth-order valence-electron chi connectivity index (χ4n) is 2.59. The van der Waals surface area contributed by atoms with Crippen molar-refractivity contribution in [3.8, 4) is 0 Å². The molecule has 2 unspecified atom stereocenters. The lowest BCUT2D eigenvalue weighted by atomic mass is 9.96. The van der Waals surface area contributed by atoms with E-state index >= 15 is 0 Å². The summed E-state index contributed by atoms with van der Waals surface area (Å²) in [5, 5.41) is 9.30. The molecule has 3 N–H and O–H groups in total. The van der Waals surface area contributed by atoms with Gasteiger partial charge in [-0.1, -0.05) is 12.1 Å². The van der Waals surface area contributed by atoms with Gasteiger partial charge in [-0.25, -0.2) is 0 Å². The van der Waals surface area contributed by atoms with Crippen LogP contribution in [0.15, 0.2) is 23.1 Å². The van der Waals surface area contributed by atoms with E-state index in [4.69, 9.17) is 5.73 Å². The fraction of sp³-hybridized carbons (Fsp3) is 0.571. The third-order valence-electron chi connectivity index (χ3n) is 3.45. The Balaban J connectivity index is 2.30. The Morgan fingerprint density at radius 2 is 2.22 bits per heavy atom. The zero-order valence-electron chi connectivity index (χ0n) is 11.1. The van der Waals surface area contributed by atoms with E-state index in [1.807, 2.05) is 25.9 Å². The summed E-state index contributed by atoms with van der Waals surface area (Å²) in [5.41, 5.74) is 8.67. The van der Waals surface area contributed by atoms with Gasteiger partial charge in [-0.05, 0) is 49.9 Å². The Hall–Kier alpha value is -0.550. The van der Waals surface area contributed by atoms with Gasteiger partial charge in [0, 0.05) is 10.9 Å². The molecule has 0 saturated heterocycles. The van der Waals surface area contributed by atoms with Gasteiger partial charge in [-0.2, -0.15) is 0 Å². The zero-order valence-corrected chi connectivity index (χ0v) is 11.9. The third-order valence-corrected chi connectivity index (χ3v) is 4.65. The molecule has 0 fully saturated rings. The highest BCUT2D eigenvalue weighted by atomic mass is 32.2. The van der Waals surface area contributed by atoms with Crippen LogP contribution in [-0.4, -0.2) is 42.5 Å². The molecule has 1 aromatic rings. The van der Waals surface area contributed by atoms with Crippen LogP contribution in [0.1, 0.15) is 23.6 Å². The highest BCUT2D eigenvalue weighted by Crippen LogP contribution is 2.33. The van der Waals surface area contributed by atoms with E-state index in [1.54, 1.807) is 0 Å². The average molecular weight is 266 g/mol. The van der Waals surface area contributed by atoms with E-state index in [1.165, 1.54) is 28.2 Å². The molecule has 0 aliphatic carbocycles. The molecule has 0 aromatic heterocycles. The molecule has 0 spiro atoms. The molecule has 2 atom stereocenters. The summed E-state index contributed by atoms with van der Waals surface area (Å²) >= 11 is 1.94. The first-order valence-corrected chi connectivity index (χ1v) is 7.40. The number of likely N-dealkylation sites (N-methyl/N-ethyl adjacent to an activating group) is 1. The van der Waals surface area contributed by atoms with Crippen molar-refractivity contribution in [2.45, 2.75) is 29.8 Å². The van der Waals surface area contributed by atoms with Crippen molar-refractivity contribution in [1.29, 1.82) is 0 Å². The van der Waals surface area contributed by atoms with Crippen molar-refractivity contribution in [2.24, 2.45) is 5.73 Å². The monoisotopic (exact) mass is 266 g/mol. The van der Waals surface area contributed by atoms with Gasteiger partial charge in [-0.15, -0.1) is 11.8 Å². The van der Waals surface area contributed by atoms with Crippen molar-refractivity contribution in [3.63, 3.8) is 0 Å². The molecule has 18 heavy (non-hydrogen) atoms. The molecule has 1 heterocycles. The lowest BCUT2D eigenvalue weighted by molar-refractivity contribution is 0.181. The molecule has 0 bridgehead atoms. The van der Waals surface area contributed by atoms with Gasteiger partial charge < -0.3 is 15.7 Å². The van der Waals surface area contributed by atoms with E-state index in [0.717, 1.165) is 6.42 Å². The predicted molar refractivity (Wildman–Crippen MR) is 77.0 cm³/mol. The number of hydrogen-bond acceptors (Lipinski definition) is 4. The molecule has 4 heteroatoms. The molecule has 0 amide bonds. The SMILES string of the molecule is CN(C)C(c1ccc2c(c1)CCCS2)C(N)CO. The lowest BCUT2D eigenvalue weighted by Crippen LogP contribution is -2.39. The number of aliphatic hydroxyl groups is 1. The van der Waals surface area contributed by atoms with E-state index in [2.05, 4.69) is 23.1 Å². The van der Waals surface area contributed by atoms with Crippen LogP contribution in [0.5, 0.6) is 0 Å². The first-order valence-electron chi connectivity index (χ1n) is 6.42. The second kappa shape index (κ2) is 6.06. The lowest BCUT2D eigenvalue weighted by Gasteiger charge is -2.30. The maximum atomic E-state index is 9.30. The molecular formula is C14H22N2OS. The minimum atomic E-state index is -0.241. The molecule has 2 rings (SSSR count). The predicted octanol–water partition coefficient (Wildman–Crippen LogP) is 1.65. The minimum absolute atomic E-state index is 0.00861. The number of rotatable bonds is 4. The molecule has 1 aliphatic rings. The summed E-state index contributed by atoms with van der Waals surface area (Å²) in [6.07, 6.45) is 2.41. The van der Waals surface area contributed by atoms with Crippen molar-refractivity contribution in [3.05, 3.63) is 29.3 Å². The Bertz CT molecular complexity index is 409. The van der Waals surface area contributed by atoms with Gasteiger partial charge in [0.05, 0.1) is 12.6 Å². The number of benzene rings is 1. The number of fused-ring (bicyclic) bond motifs is 1. The maximum absolute atomic E-state index is 9.30. The van der Waals surface area contributed by atoms with Crippen LogP contribution in [0.25, 0.3) is 0 Å². The standard InChI is InChI=1S/C14H22N2OS/c1-16(2)14(12(15)9-17)11-5-6-13-10(8-11)4-3-7-18-13/h5-6,8,12,14,17H,3-4,7,9,15H2,1-2H3. The van der Waals surface area contributed by atoms with Gasteiger partial charge in [0.2, 0.25) is 0 Å². The summed E-state index contributed by atoms with van der Waals surface area (Å²) in [6, 6.07) is 6.45. The Kier molecular flexibility index (Phi) is 4.67. The third kappa shape index (κ3) is 2.88. The van der Waals surface area contributed by atoms with Crippen LogP contribution in [0.4, 0.5) is 0 Å². The number of nitrogens with two attached hydrogens (primary N) is 1. The summed E-state index contributed by atoms with van der Waals surface area (Å²) in [6.45, 7) is 0.00861. The zero-order chi connectivity index (χ0) is 13.1. The highest BCUT2D eigenvalue weighted by Gasteiger charge is 2.22. The van der Waals surface area contributed by atoms with Crippen LogP contribution >= 0.6 is 11.8 Å².